The fraction of sp³-hybridized carbons (Fsp3) is 0.543. The number of carbonyl (C=O) groups is 18. The van der Waals surface area contributed by atoms with Crippen LogP contribution in [0.1, 0.15) is 148 Å². The number of unbranched alkanes of at least 4 members (excludes halogenated alkanes) is 2. The second kappa shape index (κ2) is 53.6. The molecule has 139 heavy (non-hydrogen) atoms. The van der Waals surface area contributed by atoms with E-state index in [2.05, 4.69) is 69.4 Å². The number of aromatic nitrogens is 1. The van der Waals surface area contributed by atoms with E-state index in [1.165, 1.54) is 63.7 Å². The molecule has 0 aliphatic carbocycles. The summed E-state index contributed by atoms with van der Waals surface area (Å²) in [7, 11) is 3.87. The van der Waals surface area contributed by atoms with Crippen molar-refractivity contribution < 1.29 is 102 Å². The largest absolute Gasteiger partial charge is 0.508 e. The predicted molar refractivity (Wildman–Crippen MR) is 517 cm³/mol. The van der Waals surface area contributed by atoms with Gasteiger partial charge in [0.25, 0.3) is 0 Å². The third-order valence-electron chi connectivity index (χ3n) is 24.7. The number of para-hydroxylation sites is 1. The number of terminal acetylenes is 1. The smallest absolute Gasteiger partial charge is 0.246 e. The molecule has 0 spiro atoms. The highest BCUT2D eigenvalue weighted by molar-refractivity contribution is 8.00. The highest BCUT2D eigenvalue weighted by Crippen LogP contribution is 2.31. The number of aliphatic hydroxyl groups is 2. The van der Waals surface area contributed by atoms with Crippen molar-refractivity contribution in [2.75, 3.05) is 72.0 Å². The number of aliphatic hydroxyl groups excluding tert-OH is 2. The number of hydrogen-bond donors (Lipinski definition) is 20. The number of thioether (sulfide) groups is 1. The summed E-state index contributed by atoms with van der Waals surface area (Å²) in [6.45, 7) is 5.26. The van der Waals surface area contributed by atoms with Crippen LogP contribution in [0.2, 0.25) is 0 Å². The topological polar surface area (TPSA) is 660 Å². The molecule has 0 bridgehead atoms. The lowest BCUT2D eigenvalue weighted by Gasteiger charge is -2.36. The number of aromatic hydroxyl groups is 1. The van der Waals surface area contributed by atoms with Crippen LogP contribution < -0.4 is 81.4 Å². The first kappa shape index (κ1) is 111. The van der Waals surface area contributed by atoms with Crippen molar-refractivity contribution in [3.05, 3.63) is 101 Å². The number of carbonyl (C=O) groups excluding carboxylic acids is 18. The molecule has 3 saturated heterocycles. The average Bonchev–Trinajstić information content (AvgIpc) is 1.69. The molecule has 3 aromatic carbocycles. The van der Waals surface area contributed by atoms with Gasteiger partial charge in [0.05, 0.1) is 37.5 Å². The van der Waals surface area contributed by atoms with E-state index in [0.29, 0.717) is 70.4 Å². The summed E-state index contributed by atoms with van der Waals surface area (Å²) in [5.74, 6) is -18.4. The Morgan fingerprint density at radius 1 is 0.626 bits per heavy atom. The molecule has 5 aromatic rings. The monoisotopic (exact) mass is 1970 g/mol. The van der Waals surface area contributed by atoms with Gasteiger partial charge in [-0.2, -0.15) is 0 Å². The number of amides is 17. The molecule has 16 atom stereocenters. The number of primary amides is 2. The number of Topliss-reactive ketones (excluding diaryl/α,β-unsaturated/α-hetero) is 1. The highest BCUT2D eigenvalue weighted by Gasteiger charge is 2.47. The Morgan fingerprint density at radius 3 is 1.88 bits per heavy atom. The van der Waals surface area contributed by atoms with Crippen LogP contribution in [0.15, 0.2) is 84.4 Å². The van der Waals surface area contributed by atoms with Crippen molar-refractivity contribution in [2.45, 2.75) is 241 Å². The number of phenols is 1. The lowest BCUT2D eigenvalue weighted by molar-refractivity contribution is -0.149. The molecule has 17 amide bonds. The first-order valence-corrected chi connectivity index (χ1v) is 48.5. The van der Waals surface area contributed by atoms with Crippen molar-refractivity contribution in [3.8, 4) is 18.1 Å². The van der Waals surface area contributed by atoms with Crippen LogP contribution >= 0.6 is 23.1 Å². The third-order valence-corrected chi connectivity index (χ3v) is 26.8. The number of nitrogens with one attached hydrogen (secondary N) is 13. The number of rotatable bonds is 28. The van der Waals surface area contributed by atoms with E-state index in [1.807, 2.05) is 32.0 Å². The minimum atomic E-state index is -1.86. The Labute approximate surface area is 813 Å². The molecule has 45 heteroatoms. The summed E-state index contributed by atoms with van der Waals surface area (Å²) < 4.78 is 0.805. The molecular formula is C94H132N22O21S2. The SMILES string of the molecule is C#CC[C@H](NC(=O)CNC(=O)[C@@H]1CSCC(=O)N[C@@H](Cc2ccc(O)cc2)C(=O)N(C)[C@@H](C)C(=O)N[C@@H](CC(N)=O)C(=O)N2CCC[C@H]2C(=O)N[C@@H](CN)C(=O)N[C@@H](CC(C)C)C(=O)N2C[C@H](O)C[C@H]2C(=O)C[C@@H](Cc2c[nH]c3ccccc23)C(=O)N[C@@H](CO)C(=O)N[C@@H](Cc2csc3ccccc23)C(=O)N(C)[C@@H](CCCC)C(=O)N(C)[C@@H](CCCC)C(=O)N[C@@H](CCCNC(=N)N)C(=O)N1)C(N)=O. The molecule has 2 aromatic heterocycles. The summed E-state index contributed by atoms with van der Waals surface area (Å²) in [5, 5.41) is 72.4. The van der Waals surface area contributed by atoms with Crippen LogP contribution in [0.5, 0.6) is 5.75 Å². The van der Waals surface area contributed by atoms with E-state index < -0.39 is 259 Å². The van der Waals surface area contributed by atoms with Gasteiger partial charge in [-0.3, -0.25) is 91.7 Å². The number of benzene rings is 3. The van der Waals surface area contributed by atoms with E-state index in [1.54, 1.807) is 55.8 Å². The average molecular weight is 1970 g/mol. The van der Waals surface area contributed by atoms with E-state index in [4.69, 9.17) is 34.8 Å². The fourth-order valence-electron chi connectivity index (χ4n) is 16.9. The summed E-state index contributed by atoms with van der Waals surface area (Å²) in [4.78, 5) is 272. The zero-order valence-corrected chi connectivity index (χ0v) is 81.0. The van der Waals surface area contributed by atoms with Gasteiger partial charge in [0.1, 0.15) is 84.3 Å². The van der Waals surface area contributed by atoms with Gasteiger partial charge >= 0.3 is 0 Å². The van der Waals surface area contributed by atoms with Crippen LogP contribution in [0, 0.1) is 29.6 Å². The number of nitrogens with zero attached hydrogens (tertiary/aromatic N) is 5. The van der Waals surface area contributed by atoms with Crippen molar-refractivity contribution in [1.29, 1.82) is 5.41 Å². The van der Waals surface area contributed by atoms with Crippen LogP contribution in [0.4, 0.5) is 0 Å². The lowest BCUT2D eigenvalue weighted by Crippen LogP contribution is -2.61. The standard InChI is InChI=1S/C94H132N22O21S2/c1-10-13-26-71-87(131)105-63(25-19-34-100-94(98)99)84(128)111-70(83(127)102-45-78(122)103-62(21-12-3)80(97)124)49-138-50-79(123)104-65(37-53-30-32-57(118)33-31-53)89(133)112(7)52(6)81(125)106-67(42-77(96)121)91(135)115-35-20-28-72(115)88(132)109-68(43-95)85(129)107-64(36-51(4)5)92(136)116-46-58(119)41-74(116)75(120)40-54(38-55-44-101-61-24-17-15-22-59(55)61)82(126)110-69(47-117)86(130)108-66(39-56-48-139-76-29-18-16-23-60(56)76)90(134)114(9)73(27-14-11-2)93(137)113(71)8/h3,15-18,22-24,29-33,44,48,51-52,54,58,62-74,101,117-119H,10-11,13-14,19-21,25-28,34-43,45-47,49-50,95H2,1-2,4-9H3,(H2,96,121)(H2,97,124)(H,102,127)(H,103,122)(H,104,123)(H,105,131)(H,106,125)(H,107,129)(H,108,130)(H,109,132)(H,110,126)(H,111,128)(H4,98,99,100)/t52-,54+,58+,62-,63-,64-,65-,66-,67-,68-,69-,70-,71-,72-,73-,74-/m0/s1. The van der Waals surface area contributed by atoms with Crippen molar-refractivity contribution in [2.24, 2.45) is 34.8 Å². The van der Waals surface area contributed by atoms with Gasteiger partial charge in [-0.25, -0.2) is 0 Å². The number of guanidine groups is 1. The summed E-state index contributed by atoms with van der Waals surface area (Å²) in [6.07, 6.45) is 4.10. The molecule has 3 aliphatic heterocycles. The number of thiophene rings is 1. The Kier molecular flexibility index (Phi) is 42.8. The summed E-state index contributed by atoms with van der Waals surface area (Å²) in [5.41, 5.74) is 25.2. The molecule has 5 heterocycles. The van der Waals surface area contributed by atoms with Gasteiger partial charge in [-0.1, -0.05) is 102 Å². The normalized spacial score (nSPS) is 24.6. The molecule has 24 N–H and O–H groups in total. The first-order chi connectivity index (χ1) is 66.1. The lowest BCUT2D eigenvalue weighted by atomic mass is 9.90. The van der Waals surface area contributed by atoms with Crippen LogP contribution in [-0.2, 0) is 106 Å². The number of phenolic OH excluding ortho intramolecular Hbond substituents is 1. The molecule has 756 valence electrons. The molecule has 0 radical (unpaired) electrons. The van der Waals surface area contributed by atoms with Gasteiger partial charge in [-0.05, 0) is 116 Å². The number of aromatic amines is 1. The number of fused-ring (bicyclic) bond motifs is 4. The first-order valence-electron chi connectivity index (χ1n) is 46.5. The molecule has 43 nitrogen and oxygen atoms in total. The van der Waals surface area contributed by atoms with Crippen molar-refractivity contribution in [1.82, 2.24) is 88.0 Å². The number of hydrogen-bond acceptors (Lipinski definition) is 25. The van der Waals surface area contributed by atoms with Gasteiger partial charge in [0, 0.05) is 113 Å². The van der Waals surface area contributed by atoms with Crippen molar-refractivity contribution in [3.63, 3.8) is 0 Å². The van der Waals surface area contributed by atoms with Gasteiger partial charge in [0.15, 0.2) is 11.7 Å². The van der Waals surface area contributed by atoms with E-state index in [9.17, 15) is 63.3 Å². The third kappa shape index (κ3) is 31.6. The minimum Gasteiger partial charge on any atom is -0.508 e. The fourth-order valence-corrected chi connectivity index (χ4v) is 18.8. The van der Waals surface area contributed by atoms with E-state index in [0.717, 1.165) is 29.2 Å². The highest BCUT2D eigenvalue weighted by atomic mass is 32.2. The Morgan fingerprint density at radius 2 is 1.23 bits per heavy atom. The zero-order chi connectivity index (χ0) is 102. The molecule has 3 aliphatic rings. The van der Waals surface area contributed by atoms with Gasteiger partial charge in [-0.15, -0.1) is 35.4 Å². The number of ketones is 1. The molecule has 0 saturated carbocycles. The summed E-state index contributed by atoms with van der Waals surface area (Å²) in [6, 6.07) is -1.97. The second-order valence-corrected chi connectivity index (χ2v) is 37.5. The van der Waals surface area contributed by atoms with Crippen molar-refractivity contribution >= 4 is 156 Å². The van der Waals surface area contributed by atoms with Crippen LogP contribution in [-0.4, -0.2) is 320 Å². The second-order valence-electron chi connectivity index (χ2n) is 35.6. The maximum atomic E-state index is 15.8. The number of likely N-dealkylation sites (N-methyl/N-ethyl adjacent to an activating group) is 3. The Bertz CT molecular complexity index is 5280. The quantitative estimate of drug-likeness (QED) is 0.0106. The molecule has 8 rings (SSSR count). The van der Waals surface area contributed by atoms with Crippen LogP contribution in [0.3, 0.4) is 0 Å². The van der Waals surface area contributed by atoms with Crippen LogP contribution in [0.25, 0.3) is 21.0 Å². The molecule has 3 fully saturated rings. The zero-order valence-electron chi connectivity index (χ0n) is 79.4. The predicted octanol–water partition coefficient (Wildman–Crippen LogP) is -2.60. The minimum absolute atomic E-state index is 0.00532. The van der Waals surface area contributed by atoms with Gasteiger partial charge < -0.3 is 126 Å². The Hall–Kier alpha value is -13.3. The van der Waals surface area contributed by atoms with E-state index >= 15 is 38.4 Å². The molecular weight excluding hydrogens is 1840 g/mol. The maximum absolute atomic E-state index is 15.8. The van der Waals surface area contributed by atoms with E-state index in [-0.39, 0.29) is 102 Å². The molecule has 0 unspecified atom stereocenters. The number of H-pyrrole nitrogens is 1. The Balaban J connectivity index is 1.20. The summed E-state index contributed by atoms with van der Waals surface area (Å²) >= 11 is 2.06. The number of nitrogens with two attached hydrogens (primary N) is 4. The maximum Gasteiger partial charge on any atom is 0.246 e. The van der Waals surface area contributed by atoms with Gasteiger partial charge in [0.2, 0.25) is 100 Å².